The summed E-state index contributed by atoms with van der Waals surface area (Å²) in [5.74, 6) is 0.807. The highest BCUT2D eigenvalue weighted by molar-refractivity contribution is 4.97. The molecule has 0 aromatic heterocycles. The van der Waals surface area contributed by atoms with Gasteiger partial charge in [0.15, 0.2) is 0 Å². The Balaban J connectivity index is 2.45. The molecule has 11 heavy (non-hydrogen) atoms. The van der Waals surface area contributed by atoms with Crippen molar-refractivity contribution in [3.05, 3.63) is 0 Å². The van der Waals surface area contributed by atoms with Crippen LogP contribution in [-0.4, -0.2) is 5.54 Å². The summed E-state index contributed by atoms with van der Waals surface area (Å²) in [6, 6.07) is 0. The van der Waals surface area contributed by atoms with E-state index in [1.54, 1.807) is 0 Å². The van der Waals surface area contributed by atoms with Gasteiger partial charge in [0.05, 0.1) is 0 Å². The Bertz CT molecular complexity index is 137. The molecule has 0 aromatic carbocycles. The molecule has 1 unspecified atom stereocenters. The quantitative estimate of drug-likeness (QED) is 0.651. The van der Waals surface area contributed by atoms with Crippen LogP contribution >= 0.6 is 0 Å². The lowest BCUT2D eigenvalue weighted by Crippen LogP contribution is -2.42. The summed E-state index contributed by atoms with van der Waals surface area (Å²) in [7, 11) is 0. The molecule has 1 aliphatic rings. The molecule has 0 spiro atoms. The minimum Gasteiger partial charge on any atom is -0.325 e. The lowest BCUT2D eigenvalue weighted by Gasteiger charge is -2.32. The van der Waals surface area contributed by atoms with Crippen LogP contribution in [0.4, 0.5) is 0 Å². The Labute approximate surface area is 70.4 Å². The Kier molecular flexibility index (Phi) is 2.04. The van der Waals surface area contributed by atoms with E-state index >= 15 is 0 Å². The lowest BCUT2D eigenvalue weighted by atomic mass is 9.79. The number of nitrogens with two attached hydrogens (primary N) is 1. The maximum atomic E-state index is 6.21. The maximum absolute atomic E-state index is 6.21. The fourth-order valence-electron chi connectivity index (χ4n) is 2.03. The summed E-state index contributed by atoms with van der Waals surface area (Å²) in [5, 5.41) is 0. The van der Waals surface area contributed by atoms with E-state index in [-0.39, 0.29) is 5.54 Å². The Morgan fingerprint density at radius 3 is 1.91 bits per heavy atom. The summed E-state index contributed by atoms with van der Waals surface area (Å²) in [6.45, 7) is 9.00. The van der Waals surface area contributed by atoms with E-state index < -0.39 is 0 Å². The molecule has 0 aliphatic heterocycles. The lowest BCUT2D eigenvalue weighted by molar-refractivity contribution is 0.246. The molecule has 1 fully saturated rings. The van der Waals surface area contributed by atoms with Crippen LogP contribution < -0.4 is 5.73 Å². The zero-order chi connectivity index (χ0) is 8.70. The average Bonchev–Trinajstić information content (AvgIpc) is 2.30. The first-order valence-corrected chi connectivity index (χ1v) is 4.60. The fourth-order valence-corrected chi connectivity index (χ4v) is 2.03. The third kappa shape index (κ3) is 2.82. The summed E-state index contributed by atoms with van der Waals surface area (Å²) >= 11 is 0. The van der Waals surface area contributed by atoms with Crippen molar-refractivity contribution in [2.45, 2.75) is 52.5 Å². The topological polar surface area (TPSA) is 26.0 Å². The van der Waals surface area contributed by atoms with Crippen LogP contribution in [0.5, 0.6) is 0 Å². The molecule has 0 radical (unpaired) electrons. The van der Waals surface area contributed by atoms with Crippen molar-refractivity contribution in [2.24, 2.45) is 17.1 Å². The van der Waals surface area contributed by atoms with E-state index in [9.17, 15) is 0 Å². The van der Waals surface area contributed by atoms with Crippen molar-refractivity contribution in [1.82, 2.24) is 0 Å². The Morgan fingerprint density at radius 2 is 1.64 bits per heavy atom. The third-order valence-electron chi connectivity index (χ3n) is 2.42. The summed E-state index contributed by atoms with van der Waals surface area (Å²) in [5.41, 5.74) is 6.68. The van der Waals surface area contributed by atoms with Crippen molar-refractivity contribution in [3.63, 3.8) is 0 Å². The SMILES string of the molecule is CC(C)(C)CC(C)(N)C1CC1. The molecular weight excluding hydrogens is 134 g/mol. The molecule has 1 atom stereocenters. The highest BCUT2D eigenvalue weighted by atomic mass is 14.8. The van der Waals surface area contributed by atoms with Crippen molar-refractivity contribution >= 4 is 0 Å². The van der Waals surface area contributed by atoms with Crippen molar-refractivity contribution in [3.8, 4) is 0 Å². The van der Waals surface area contributed by atoms with E-state index in [2.05, 4.69) is 27.7 Å². The van der Waals surface area contributed by atoms with Crippen LogP contribution in [-0.2, 0) is 0 Å². The van der Waals surface area contributed by atoms with E-state index in [4.69, 9.17) is 5.73 Å². The first kappa shape index (κ1) is 9.05. The molecule has 1 aliphatic carbocycles. The van der Waals surface area contributed by atoms with Gasteiger partial charge in [0.1, 0.15) is 0 Å². The van der Waals surface area contributed by atoms with Gasteiger partial charge >= 0.3 is 0 Å². The Morgan fingerprint density at radius 1 is 1.18 bits per heavy atom. The van der Waals surface area contributed by atoms with Gasteiger partial charge in [0.2, 0.25) is 0 Å². The Hall–Kier alpha value is -0.0400. The van der Waals surface area contributed by atoms with Gasteiger partial charge in [-0.15, -0.1) is 0 Å². The van der Waals surface area contributed by atoms with Crippen LogP contribution in [0.25, 0.3) is 0 Å². The largest absolute Gasteiger partial charge is 0.325 e. The zero-order valence-corrected chi connectivity index (χ0v) is 8.28. The first-order valence-electron chi connectivity index (χ1n) is 4.60. The summed E-state index contributed by atoms with van der Waals surface area (Å²) < 4.78 is 0. The molecule has 0 heterocycles. The van der Waals surface area contributed by atoms with Gasteiger partial charge in [-0.3, -0.25) is 0 Å². The second-order valence-corrected chi connectivity index (χ2v) is 5.52. The molecule has 1 rings (SSSR count). The van der Waals surface area contributed by atoms with Crippen molar-refractivity contribution in [1.29, 1.82) is 0 Å². The van der Waals surface area contributed by atoms with Crippen LogP contribution in [0, 0.1) is 11.3 Å². The first-order chi connectivity index (χ1) is 4.81. The standard InChI is InChI=1S/C10H21N/c1-9(2,3)7-10(4,11)8-5-6-8/h8H,5-7,11H2,1-4H3. The third-order valence-corrected chi connectivity index (χ3v) is 2.42. The van der Waals surface area contributed by atoms with Crippen molar-refractivity contribution < 1.29 is 0 Å². The number of hydrogen-bond acceptors (Lipinski definition) is 1. The van der Waals surface area contributed by atoms with Gasteiger partial charge in [-0.05, 0) is 37.5 Å². The van der Waals surface area contributed by atoms with E-state index in [1.807, 2.05) is 0 Å². The number of hydrogen-bond donors (Lipinski definition) is 1. The minimum absolute atomic E-state index is 0.0955. The molecule has 0 bridgehead atoms. The van der Waals surface area contributed by atoms with Gasteiger partial charge in [-0.2, -0.15) is 0 Å². The summed E-state index contributed by atoms with van der Waals surface area (Å²) in [6.07, 6.45) is 3.84. The minimum atomic E-state index is 0.0955. The van der Waals surface area contributed by atoms with Gasteiger partial charge < -0.3 is 5.73 Å². The van der Waals surface area contributed by atoms with E-state index in [1.165, 1.54) is 12.8 Å². The van der Waals surface area contributed by atoms with Crippen molar-refractivity contribution in [2.75, 3.05) is 0 Å². The molecule has 0 aromatic rings. The fraction of sp³-hybridized carbons (Fsp3) is 1.00. The predicted molar refractivity (Wildman–Crippen MR) is 49.4 cm³/mol. The van der Waals surface area contributed by atoms with Gasteiger partial charge in [-0.25, -0.2) is 0 Å². The maximum Gasteiger partial charge on any atom is 0.0159 e. The molecule has 2 N–H and O–H groups in total. The van der Waals surface area contributed by atoms with Gasteiger partial charge in [0, 0.05) is 5.54 Å². The average molecular weight is 155 g/mol. The van der Waals surface area contributed by atoms with Gasteiger partial charge in [0.25, 0.3) is 0 Å². The molecule has 66 valence electrons. The number of rotatable bonds is 2. The second kappa shape index (κ2) is 2.48. The van der Waals surface area contributed by atoms with E-state index in [0.29, 0.717) is 5.41 Å². The zero-order valence-electron chi connectivity index (χ0n) is 8.28. The molecule has 0 saturated heterocycles. The second-order valence-electron chi connectivity index (χ2n) is 5.52. The molecular formula is C10H21N. The molecule has 0 amide bonds. The van der Waals surface area contributed by atoms with Crippen LogP contribution in [0.15, 0.2) is 0 Å². The smallest absolute Gasteiger partial charge is 0.0159 e. The highest BCUT2D eigenvalue weighted by Crippen LogP contribution is 2.43. The van der Waals surface area contributed by atoms with E-state index in [0.717, 1.165) is 12.3 Å². The monoisotopic (exact) mass is 155 g/mol. The predicted octanol–water partition coefficient (Wildman–Crippen LogP) is 2.55. The van der Waals surface area contributed by atoms with Gasteiger partial charge in [-0.1, -0.05) is 20.8 Å². The van der Waals surface area contributed by atoms with Crippen LogP contribution in [0.2, 0.25) is 0 Å². The molecule has 1 nitrogen and oxygen atoms in total. The highest BCUT2D eigenvalue weighted by Gasteiger charge is 2.40. The van der Waals surface area contributed by atoms with Crippen LogP contribution in [0.1, 0.15) is 47.0 Å². The molecule has 1 saturated carbocycles. The normalized spacial score (nSPS) is 24.8. The summed E-state index contributed by atoms with van der Waals surface area (Å²) in [4.78, 5) is 0. The van der Waals surface area contributed by atoms with Crippen LogP contribution in [0.3, 0.4) is 0 Å². The molecule has 1 heteroatoms.